The zero-order valence-corrected chi connectivity index (χ0v) is 18.7. The van der Waals surface area contributed by atoms with E-state index >= 15 is 0 Å². The fourth-order valence-electron chi connectivity index (χ4n) is 4.73. The largest absolute Gasteiger partial charge is 0.494 e. The van der Waals surface area contributed by atoms with E-state index in [1.54, 1.807) is 0 Å². The maximum Gasteiger partial charge on any atom is 0.224 e. The van der Waals surface area contributed by atoms with Gasteiger partial charge in [-0.2, -0.15) is 0 Å². The number of carbonyl (C=O) groups is 2. The highest BCUT2D eigenvalue weighted by Crippen LogP contribution is 2.27. The molecule has 0 spiro atoms. The Hall–Kier alpha value is -2.08. The first kappa shape index (κ1) is 23.6. The van der Waals surface area contributed by atoms with E-state index in [2.05, 4.69) is 5.32 Å². The van der Waals surface area contributed by atoms with Gasteiger partial charge in [-0.05, 0) is 49.4 Å². The van der Waals surface area contributed by atoms with Crippen LogP contribution in [0.5, 0.6) is 5.75 Å². The maximum atomic E-state index is 12.9. The third-order valence-corrected chi connectivity index (χ3v) is 6.45. The lowest BCUT2D eigenvalue weighted by Gasteiger charge is -2.32. The predicted octanol–water partition coefficient (Wildman–Crippen LogP) is 4.44. The summed E-state index contributed by atoms with van der Waals surface area (Å²) in [6, 6.07) is 5.99. The quantitative estimate of drug-likeness (QED) is 0.598. The molecule has 1 aliphatic carbocycles. The van der Waals surface area contributed by atoms with E-state index in [1.165, 1.54) is 44.9 Å². The number of anilines is 1. The first-order chi connectivity index (χ1) is 15.2. The zero-order valence-electron chi connectivity index (χ0n) is 18.7. The molecule has 0 bridgehead atoms. The topological polar surface area (TPSA) is 78.9 Å². The zero-order chi connectivity index (χ0) is 21.9. The van der Waals surface area contributed by atoms with E-state index < -0.39 is 0 Å². The third-order valence-electron chi connectivity index (χ3n) is 6.45. The van der Waals surface area contributed by atoms with Crippen LogP contribution in [-0.4, -0.2) is 47.6 Å². The minimum absolute atomic E-state index is 0.0183. The second kappa shape index (κ2) is 12.7. The Morgan fingerprint density at radius 3 is 2.48 bits per heavy atom. The van der Waals surface area contributed by atoms with Crippen molar-refractivity contribution >= 4 is 17.5 Å². The summed E-state index contributed by atoms with van der Waals surface area (Å²) in [6.45, 7) is 0.930. The smallest absolute Gasteiger partial charge is 0.224 e. The molecule has 2 aliphatic rings. The van der Waals surface area contributed by atoms with Crippen LogP contribution in [0.15, 0.2) is 18.2 Å². The Balaban J connectivity index is 1.46. The molecule has 172 valence electrons. The number of aliphatic hydroxyl groups is 1. The summed E-state index contributed by atoms with van der Waals surface area (Å²) in [6.07, 6.45) is 13.2. The van der Waals surface area contributed by atoms with Crippen molar-refractivity contribution in [2.45, 2.75) is 89.5 Å². The van der Waals surface area contributed by atoms with Gasteiger partial charge in [0.25, 0.3) is 0 Å². The number of carbonyl (C=O) groups excluding carboxylic acids is 2. The van der Waals surface area contributed by atoms with Gasteiger partial charge in [0, 0.05) is 31.1 Å². The number of amides is 2. The number of hydrogen-bond acceptors (Lipinski definition) is 4. The number of aliphatic hydroxyl groups excluding tert-OH is 1. The monoisotopic (exact) mass is 430 g/mol. The molecule has 0 unspecified atom stereocenters. The molecule has 2 N–H and O–H groups in total. The fourth-order valence-corrected chi connectivity index (χ4v) is 4.73. The van der Waals surface area contributed by atoms with Crippen LogP contribution in [0.2, 0.25) is 0 Å². The molecular formula is C25H38N2O4. The van der Waals surface area contributed by atoms with Crippen molar-refractivity contribution in [3.63, 3.8) is 0 Å². The second-order valence-corrected chi connectivity index (χ2v) is 8.84. The van der Waals surface area contributed by atoms with Crippen molar-refractivity contribution < 1.29 is 19.4 Å². The van der Waals surface area contributed by atoms with E-state index in [1.807, 2.05) is 23.1 Å². The van der Waals surface area contributed by atoms with Gasteiger partial charge in [0.05, 0.1) is 13.2 Å². The van der Waals surface area contributed by atoms with Crippen LogP contribution in [0.3, 0.4) is 0 Å². The molecule has 1 aliphatic heterocycles. The second-order valence-electron chi connectivity index (χ2n) is 8.84. The molecule has 3 rings (SSSR count). The molecule has 2 amide bonds. The van der Waals surface area contributed by atoms with Crippen molar-refractivity contribution in [2.24, 2.45) is 0 Å². The highest BCUT2D eigenvalue weighted by molar-refractivity contribution is 5.94. The van der Waals surface area contributed by atoms with E-state index in [0.717, 1.165) is 36.3 Å². The van der Waals surface area contributed by atoms with Crippen LogP contribution < -0.4 is 10.1 Å². The Morgan fingerprint density at radius 2 is 1.77 bits per heavy atom. The van der Waals surface area contributed by atoms with E-state index in [4.69, 9.17) is 4.74 Å². The lowest BCUT2D eigenvalue weighted by molar-refractivity contribution is -0.134. The van der Waals surface area contributed by atoms with Gasteiger partial charge in [-0.1, -0.05) is 44.9 Å². The van der Waals surface area contributed by atoms with Gasteiger partial charge in [0.1, 0.15) is 5.75 Å². The summed E-state index contributed by atoms with van der Waals surface area (Å²) in [7, 11) is 0. The number of rotatable bonds is 8. The summed E-state index contributed by atoms with van der Waals surface area (Å²) in [5, 5.41) is 12.4. The highest BCUT2D eigenvalue weighted by atomic mass is 16.5. The number of fused-ring (bicyclic) bond motifs is 1. The number of ether oxygens (including phenoxy) is 1. The normalized spacial score (nSPS) is 18.0. The molecule has 1 aromatic carbocycles. The molecule has 0 radical (unpaired) electrons. The SMILES string of the molecule is O=C1CCc2cc(OCCCC(=O)N(CCO)C3CCCCCCCCC3)ccc2N1. The van der Waals surface area contributed by atoms with E-state index in [0.29, 0.717) is 32.4 Å². The van der Waals surface area contributed by atoms with Crippen LogP contribution in [0.1, 0.15) is 82.6 Å². The molecule has 6 heteroatoms. The Labute approximate surface area is 186 Å². The minimum atomic E-state index is 0.0183. The number of aryl methyl sites for hydroxylation is 1. The van der Waals surface area contributed by atoms with E-state index in [9.17, 15) is 14.7 Å². The van der Waals surface area contributed by atoms with Crippen LogP contribution in [-0.2, 0) is 16.0 Å². The summed E-state index contributed by atoms with van der Waals surface area (Å²) in [5.41, 5.74) is 1.96. The fraction of sp³-hybridized carbons (Fsp3) is 0.680. The van der Waals surface area contributed by atoms with Crippen molar-refractivity contribution in [3.05, 3.63) is 23.8 Å². The average molecular weight is 431 g/mol. The van der Waals surface area contributed by atoms with Gasteiger partial charge in [-0.3, -0.25) is 9.59 Å². The van der Waals surface area contributed by atoms with Gasteiger partial charge < -0.3 is 20.1 Å². The molecule has 1 fully saturated rings. The van der Waals surface area contributed by atoms with Crippen molar-refractivity contribution in [3.8, 4) is 5.75 Å². The lowest BCUT2D eigenvalue weighted by atomic mass is 9.96. The summed E-state index contributed by atoms with van der Waals surface area (Å²) >= 11 is 0. The molecule has 1 saturated carbocycles. The summed E-state index contributed by atoms with van der Waals surface area (Å²) < 4.78 is 5.87. The molecular weight excluding hydrogens is 392 g/mol. The van der Waals surface area contributed by atoms with Gasteiger partial charge >= 0.3 is 0 Å². The van der Waals surface area contributed by atoms with Gasteiger partial charge in [0.15, 0.2) is 0 Å². The molecule has 6 nitrogen and oxygen atoms in total. The summed E-state index contributed by atoms with van der Waals surface area (Å²) in [4.78, 5) is 26.3. The van der Waals surface area contributed by atoms with Gasteiger partial charge in [0.2, 0.25) is 11.8 Å². The van der Waals surface area contributed by atoms with Gasteiger partial charge in [-0.25, -0.2) is 0 Å². The standard InChI is InChI=1S/C25H38N2O4/c28-17-16-27(21-9-6-4-2-1-3-5-7-10-21)25(30)11-8-18-31-22-13-14-23-20(19-22)12-15-24(29)26-23/h13-14,19,21,28H,1-12,15-18H2,(H,26,29). The molecule has 0 atom stereocenters. The van der Waals surface area contributed by atoms with Crippen molar-refractivity contribution in [1.82, 2.24) is 4.90 Å². The maximum absolute atomic E-state index is 12.9. The molecule has 0 aromatic heterocycles. The summed E-state index contributed by atoms with van der Waals surface area (Å²) in [5.74, 6) is 0.970. The number of nitrogens with zero attached hydrogens (tertiary/aromatic N) is 1. The van der Waals surface area contributed by atoms with Crippen molar-refractivity contribution in [2.75, 3.05) is 25.1 Å². The Morgan fingerprint density at radius 1 is 1.06 bits per heavy atom. The van der Waals surface area contributed by atoms with Crippen molar-refractivity contribution in [1.29, 1.82) is 0 Å². The number of benzene rings is 1. The minimum Gasteiger partial charge on any atom is -0.494 e. The average Bonchev–Trinajstić information content (AvgIpc) is 2.78. The molecule has 1 aromatic rings. The van der Waals surface area contributed by atoms with Gasteiger partial charge in [-0.15, -0.1) is 0 Å². The highest BCUT2D eigenvalue weighted by Gasteiger charge is 2.23. The van der Waals surface area contributed by atoms with Crippen LogP contribution in [0.4, 0.5) is 5.69 Å². The lowest BCUT2D eigenvalue weighted by Crippen LogP contribution is -2.42. The Bertz CT molecular complexity index is 711. The Kier molecular flexibility index (Phi) is 9.66. The molecule has 0 saturated heterocycles. The van der Waals surface area contributed by atoms with E-state index in [-0.39, 0.29) is 24.5 Å². The third kappa shape index (κ3) is 7.53. The number of hydrogen-bond donors (Lipinski definition) is 2. The molecule has 31 heavy (non-hydrogen) atoms. The van der Waals surface area contributed by atoms with Crippen LogP contribution >= 0.6 is 0 Å². The molecule has 1 heterocycles. The number of nitrogens with one attached hydrogen (secondary N) is 1. The first-order valence-electron chi connectivity index (χ1n) is 12.1. The first-order valence-corrected chi connectivity index (χ1v) is 12.1. The van der Waals surface area contributed by atoms with Crippen LogP contribution in [0, 0.1) is 0 Å². The predicted molar refractivity (Wildman–Crippen MR) is 122 cm³/mol. The van der Waals surface area contributed by atoms with Crippen LogP contribution in [0.25, 0.3) is 0 Å².